The molecule has 37 heavy (non-hydrogen) atoms. The van der Waals surface area contributed by atoms with Crippen LogP contribution in [0.15, 0.2) is 56.9 Å². The Labute approximate surface area is 216 Å². The molecule has 1 saturated heterocycles. The number of carbonyl (C=O) groups excluding carboxylic acids is 1. The SMILES string of the molecule is CCCC(C)P(=NC(C)C(=O)OC(C)C)(OCC1OCC(n2ccc(=O)[nH]c2=O)O1)Oc1ccccc1. The van der Waals surface area contributed by atoms with Gasteiger partial charge in [0.05, 0.1) is 18.4 Å². The Morgan fingerprint density at radius 2 is 1.92 bits per heavy atom. The summed E-state index contributed by atoms with van der Waals surface area (Å²) in [6.45, 7) is 9.31. The number of para-hydroxylation sites is 1. The number of hydrogen-bond acceptors (Lipinski definition) is 9. The van der Waals surface area contributed by atoms with E-state index in [2.05, 4.69) is 11.9 Å². The first-order valence-corrected chi connectivity index (χ1v) is 14.1. The minimum absolute atomic E-state index is 0.0429. The van der Waals surface area contributed by atoms with Crippen molar-refractivity contribution in [3.05, 3.63) is 63.4 Å². The largest absolute Gasteiger partial charge is 0.461 e. The van der Waals surface area contributed by atoms with E-state index >= 15 is 0 Å². The second-order valence-corrected chi connectivity index (χ2v) is 11.7. The zero-order chi connectivity index (χ0) is 27.0. The molecule has 1 aromatic carbocycles. The molecule has 2 heterocycles. The maximum Gasteiger partial charge on any atom is 0.330 e. The summed E-state index contributed by atoms with van der Waals surface area (Å²) in [5.41, 5.74) is -1.24. The monoisotopic (exact) mass is 537 g/mol. The fourth-order valence-corrected chi connectivity index (χ4v) is 6.49. The predicted molar refractivity (Wildman–Crippen MR) is 139 cm³/mol. The van der Waals surface area contributed by atoms with Crippen LogP contribution >= 0.6 is 7.51 Å². The Hall–Kier alpha value is -2.72. The zero-order valence-electron chi connectivity index (χ0n) is 21.9. The number of hydrogen-bond donors (Lipinski definition) is 1. The molecule has 0 bridgehead atoms. The number of aromatic amines is 1. The van der Waals surface area contributed by atoms with Gasteiger partial charge in [0.15, 0.2) is 12.5 Å². The zero-order valence-corrected chi connectivity index (χ0v) is 22.8. The third kappa shape index (κ3) is 7.88. The van der Waals surface area contributed by atoms with Crippen LogP contribution in [-0.4, -0.2) is 52.8 Å². The van der Waals surface area contributed by atoms with Crippen molar-refractivity contribution >= 4 is 13.5 Å². The first-order valence-electron chi connectivity index (χ1n) is 12.4. The number of aromatic nitrogens is 2. The molecular formula is C25H36N3O8P. The van der Waals surface area contributed by atoms with Crippen LogP contribution in [-0.2, 0) is 23.5 Å². The van der Waals surface area contributed by atoms with Crippen molar-refractivity contribution in [3.8, 4) is 5.75 Å². The van der Waals surface area contributed by atoms with E-state index in [4.69, 9.17) is 28.0 Å². The highest BCUT2D eigenvalue weighted by molar-refractivity contribution is 7.57. The Kier molecular flexibility index (Phi) is 10.3. The lowest BCUT2D eigenvalue weighted by atomic mass is 10.3. The maximum absolute atomic E-state index is 12.7. The molecule has 11 nitrogen and oxygen atoms in total. The van der Waals surface area contributed by atoms with Crippen molar-refractivity contribution in [1.29, 1.82) is 0 Å². The molecule has 0 spiro atoms. The van der Waals surface area contributed by atoms with Gasteiger partial charge in [-0.15, -0.1) is 0 Å². The van der Waals surface area contributed by atoms with Crippen LogP contribution in [0.25, 0.3) is 0 Å². The van der Waals surface area contributed by atoms with E-state index in [-0.39, 0.29) is 25.0 Å². The van der Waals surface area contributed by atoms with Crippen LogP contribution in [0.4, 0.5) is 0 Å². The lowest BCUT2D eigenvalue weighted by Crippen LogP contribution is -2.32. The molecule has 1 aliphatic rings. The average molecular weight is 538 g/mol. The summed E-state index contributed by atoms with van der Waals surface area (Å²) in [5, 5.41) is 0. The fraction of sp³-hybridized carbons (Fsp3) is 0.560. The molecule has 5 unspecified atom stereocenters. The minimum atomic E-state index is -3.09. The van der Waals surface area contributed by atoms with E-state index in [1.54, 1.807) is 20.8 Å². The molecule has 1 aliphatic heterocycles. The number of carbonyl (C=O) groups is 1. The number of H-pyrrole nitrogens is 1. The van der Waals surface area contributed by atoms with Gasteiger partial charge < -0.3 is 23.3 Å². The number of nitrogens with zero attached hydrogens (tertiary/aromatic N) is 2. The number of benzene rings is 1. The van der Waals surface area contributed by atoms with Gasteiger partial charge in [-0.3, -0.25) is 14.3 Å². The molecular weight excluding hydrogens is 501 g/mol. The van der Waals surface area contributed by atoms with Crippen molar-refractivity contribution in [3.63, 3.8) is 0 Å². The standard InChI is InChI=1S/C25H36N3O8P/c1-6-10-18(4)37(36-20-11-8-7-9-12-20,27-19(5)24(30)34-17(2)3)33-16-23-32-15-22(35-23)28-14-13-21(29)26-25(28)31/h7-9,11-14,17-19,22-23H,6,10,15-16H2,1-5H3,(H,26,29,31). The van der Waals surface area contributed by atoms with Gasteiger partial charge in [0.25, 0.3) is 13.1 Å². The molecule has 1 fully saturated rings. The van der Waals surface area contributed by atoms with E-state index < -0.39 is 43.3 Å². The third-order valence-corrected chi connectivity index (χ3v) is 8.59. The van der Waals surface area contributed by atoms with E-state index in [9.17, 15) is 14.4 Å². The Morgan fingerprint density at radius 1 is 1.19 bits per heavy atom. The highest BCUT2D eigenvalue weighted by Crippen LogP contribution is 2.58. The summed E-state index contributed by atoms with van der Waals surface area (Å²) < 4.78 is 35.9. The van der Waals surface area contributed by atoms with Crippen LogP contribution in [0.3, 0.4) is 0 Å². The molecule has 12 heteroatoms. The average Bonchev–Trinajstić information content (AvgIpc) is 3.31. The summed E-state index contributed by atoms with van der Waals surface area (Å²) in [5.74, 6) is 0.104. The summed E-state index contributed by atoms with van der Waals surface area (Å²) >= 11 is 0. The molecule has 0 amide bonds. The Balaban J connectivity index is 1.88. The normalized spacial score (nSPS) is 20.7. The van der Waals surface area contributed by atoms with Crippen molar-refractivity contribution in [1.82, 2.24) is 9.55 Å². The Morgan fingerprint density at radius 3 is 2.57 bits per heavy atom. The molecule has 204 valence electrons. The second-order valence-electron chi connectivity index (χ2n) is 9.05. The quantitative estimate of drug-likeness (QED) is 0.317. The van der Waals surface area contributed by atoms with E-state index in [1.165, 1.54) is 16.8 Å². The molecule has 0 aliphatic carbocycles. The van der Waals surface area contributed by atoms with Gasteiger partial charge in [0.1, 0.15) is 18.4 Å². The van der Waals surface area contributed by atoms with E-state index in [0.717, 1.165) is 12.8 Å². The third-order valence-electron chi connectivity index (χ3n) is 5.56. The van der Waals surface area contributed by atoms with Gasteiger partial charge in [-0.25, -0.2) is 14.3 Å². The van der Waals surface area contributed by atoms with Crippen molar-refractivity contribution in [2.24, 2.45) is 4.74 Å². The van der Waals surface area contributed by atoms with Crippen LogP contribution in [0.1, 0.15) is 53.7 Å². The smallest absolute Gasteiger partial charge is 0.330 e. The number of esters is 1. The van der Waals surface area contributed by atoms with Gasteiger partial charge in [0, 0.05) is 12.3 Å². The van der Waals surface area contributed by atoms with Crippen LogP contribution < -0.4 is 15.8 Å². The van der Waals surface area contributed by atoms with E-state index in [0.29, 0.717) is 5.75 Å². The van der Waals surface area contributed by atoms with Crippen LogP contribution in [0.2, 0.25) is 0 Å². The van der Waals surface area contributed by atoms with Gasteiger partial charge >= 0.3 is 11.7 Å². The van der Waals surface area contributed by atoms with Crippen molar-refractivity contribution in [2.75, 3.05) is 13.2 Å². The minimum Gasteiger partial charge on any atom is -0.461 e. The lowest BCUT2D eigenvalue weighted by molar-refractivity contribution is -0.148. The van der Waals surface area contributed by atoms with Crippen LogP contribution in [0.5, 0.6) is 5.75 Å². The van der Waals surface area contributed by atoms with Gasteiger partial charge in [0.2, 0.25) is 0 Å². The highest BCUT2D eigenvalue weighted by Gasteiger charge is 2.37. The topological polar surface area (TPSA) is 130 Å². The molecule has 1 N–H and O–H groups in total. The molecule has 0 saturated carbocycles. The van der Waals surface area contributed by atoms with Gasteiger partial charge in [-0.1, -0.05) is 38.5 Å². The van der Waals surface area contributed by atoms with E-state index in [1.807, 2.05) is 37.3 Å². The first-order chi connectivity index (χ1) is 17.6. The summed E-state index contributed by atoms with van der Waals surface area (Å²) in [4.78, 5) is 38.4. The second kappa shape index (κ2) is 13.2. The molecule has 2 aromatic rings. The molecule has 1 aromatic heterocycles. The van der Waals surface area contributed by atoms with Crippen molar-refractivity contribution < 1.29 is 28.1 Å². The number of ether oxygens (including phenoxy) is 3. The highest BCUT2D eigenvalue weighted by atomic mass is 31.2. The van der Waals surface area contributed by atoms with Crippen LogP contribution in [0, 0.1) is 0 Å². The lowest BCUT2D eigenvalue weighted by Gasteiger charge is -2.32. The molecule has 5 atom stereocenters. The predicted octanol–water partition coefficient (Wildman–Crippen LogP) is 4.06. The summed E-state index contributed by atoms with van der Waals surface area (Å²) in [7, 11) is -3.09. The molecule has 3 rings (SSSR count). The summed E-state index contributed by atoms with van der Waals surface area (Å²) in [6, 6.07) is 9.61. The van der Waals surface area contributed by atoms with Crippen molar-refractivity contribution in [2.45, 2.75) is 77.8 Å². The van der Waals surface area contributed by atoms with Gasteiger partial charge in [-0.2, -0.15) is 0 Å². The first kappa shape index (κ1) is 28.8. The fourth-order valence-electron chi connectivity index (χ4n) is 3.75. The number of rotatable bonds is 12. The Bertz CT molecular complexity index is 1200. The number of nitrogens with one attached hydrogen (secondary N) is 1. The van der Waals surface area contributed by atoms with Gasteiger partial charge in [-0.05, 0) is 39.3 Å². The summed E-state index contributed by atoms with van der Waals surface area (Å²) in [6.07, 6.45) is 1.14. The maximum atomic E-state index is 12.7. The molecule has 0 radical (unpaired) electrons.